The average Bonchev–Trinajstić information content (AvgIpc) is 2.13. The Morgan fingerprint density at radius 3 is 2.36 bits per heavy atom. The van der Waals surface area contributed by atoms with Crippen LogP contribution in [0, 0.1) is 5.92 Å². The zero-order valence-electron chi connectivity index (χ0n) is 10.3. The predicted molar refractivity (Wildman–Crippen MR) is 61.7 cm³/mol. The highest BCUT2D eigenvalue weighted by Crippen LogP contribution is 1.94. The third-order valence-electron chi connectivity index (χ3n) is 2.39. The number of methoxy groups -OCH3 is 1. The quantitative estimate of drug-likeness (QED) is 0.640. The van der Waals surface area contributed by atoms with E-state index in [9.17, 15) is 0 Å². The Labute approximate surface area is 88.8 Å². The number of nitrogens with one attached hydrogen (secondary N) is 1. The molecule has 0 aromatic carbocycles. The van der Waals surface area contributed by atoms with Crippen LogP contribution in [0.25, 0.3) is 0 Å². The molecule has 0 saturated heterocycles. The Kier molecular flexibility index (Phi) is 8.14. The molecule has 0 aromatic heterocycles. The highest BCUT2D eigenvalue weighted by molar-refractivity contribution is 4.66. The van der Waals surface area contributed by atoms with Crippen molar-refractivity contribution >= 4 is 0 Å². The van der Waals surface area contributed by atoms with Crippen LogP contribution in [0.3, 0.4) is 0 Å². The van der Waals surface area contributed by atoms with Crippen molar-refractivity contribution in [2.24, 2.45) is 5.92 Å². The molecule has 0 rings (SSSR count). The van der Waals surface area contributed by atoms with Gasteiger partial charge in [-0.05, 0) is 26.4 Å². The van der Waals surface area contributed by atoms with Crippen molar-refractivity contribution in [1.82, 2.24) is 10.2 Å². The van der Waals surface area contributed by atoms with E-state index >= 15 is 0 Å². The van der Waals surface area contributed by atoms with Gasteiger partial charge in [-0.2, -0.15) is 0 Å². The van der Waals surface area contributed by atoms with Gasteiger partial charge in [0, 0.05) is 26.2 Å². The van der Waals surface area contributed by atoms with Gasteiger partial charge in [0.1, 0.15) is 0 Å². The van der Waals surface area contributed by atoms with E-state index in [2.05, 4.69) is 38.0 Å². The predicted octanol–water partition coefficient (Wildman–Crippen LogP) is 1.20. The normalized spacial score (nSPS) is 13.9. The molecule has 0 heterocycles. The summed E-state index contributed by atoms with van der Waals surface area (Å²) in [5.74, 6) is 0.728. The molecule has 3 heteroatoms. The van der Waals surface area contributed by atoms with Crippen LogP contribution in [-0.4, -0.2) is 51.3 Å². The van der Waals surface area contributed by atoms with Crippen LogP contribution in [0.1, 0.15) is 20.8 Å². The highest BCUT2D eigenvalue weighted by Gasteiger charge is 2.07. The molecule has 0 bridgehead atoms. The molecule has 1 atom stereocenters. The van der Waals surface area contributed by atoms with E-state index in [1.807, 2.05) is 0 Å². The van der Waals surface area contributed by atoms with Crippen molar-refractivity contribution in [3.63, 3.8) is 0 Å². The van der Waals surface area contributed by atoms with Gasteiger partial charge in [-0.3, -0.25) is 0 Å². The van der Waals surface area contributed by atoms with Gasteiger partial charge in [-0.1, -0.05) is 13.8 Å². The van der Waals surface area contributed by atoms with Crippen molar-refractivity contribution in [3.8, 4) is 0 Å². The topological polar surface area (TPSA) is 24.5 Å². The summed E-state index contributed by atoms with van der Waals surface area (Å²) in [6.07, 6.45) is 0. The Bertz CT molecular complexity index is 128. The summed E-state index contributed by atoms with van der Waals surface area (Å²) in [5, 5.41) is 3.46. The lowest BCUT2D eigenvalue weighted by molar-refractivity contribution is 0.142. The number of hydrogen-bond acceptors (Lipinski definition) is 3. The number of hydrogen-bond donors (Lipinski definition) is 1. The standard InChI is InChI=1S/C11H26N2O/c1-10(2)8-12-9-11(3)13(4)6-7-14-5/h10-12H,6-9H2,1-5H3. The Morgan fingerprint density at radius 1 is 1.21 bits per heavy atom. The van der Waals surface area contributed by atoms with E-state index in [1.54, 1.807) is 7.11 Å². The number of nitrogens with zero attached hydrogens (tertiary/aromatic N) is 1. The molecule has 86 valence electrons. The smallest absolute Gasteiger partial charge is 0.0589 e. The zero-order chi connectivity index (χ0) is 11.0. The maximum Gasteiger partial charge on any atom is 0.0589 e. The summed E-state index contributed by atoms with van der Waals surface area (Å²) in [6, 6.07) is 0.573. The van der Waals surface area contributed by atoms with Gasteiger partial charge in [0.05, 0.1) is 6.61 Å². The van der Waals surface area contributed by atoms with Crippen molar-refractivity contribution < 1.29 is 4.74 Å². The summed E-state index contributed by atoms with van der Waals surface area (Å²) in [5.41, 5.74) is 0. The SMILES string of the molecule is COCCN(C)C(C)CNCC(C)C. The van der Waals surface area contributed by atoms with E-state index in [0.29, 0.717) is 6.04 Å². The van der Waals surface area contributed by atoms with Gasteiger partial charge in [-0.15, -0.1) is 0 Å². The average molecular weight is 202 g/mol. The third kappa shape index (κ3) is 7.30. The molecule has 0 radical (unpaired) electrons. The van der Waals surface area contributed by atoms with Crippen LogP contribution in [0.15, 0.2) is 0 Å². The van der Waals surface area contributed by atoms with Gasteiger partial charge in [0.2, 0.25) is 0 Å². The van der Waals surface area contributed by atoms with E-state index in [1.165, 1.54) is 0 Å². The molecule has 0 aliphatic heterocycles. The second-order valence-electron chi connectivity index (χ2n) is 4.37. The first-order chi connectivity index (χ1) is 6.57. The van der Waals surface area contributed by atoms with Gasteiger partial charge < -0.3 is 15.0 Å². The van der Waals surface area contributed by atoms with Crippen molar-refractivity contribution in [1.29, 1.82) is 0 Å². The van der Waals surface area contributed by atoms with E-state index in [4.69, 9.17) is 4.74 Å². The summed E-state index contributed by atoms with van der Waals surface area (Å²) < 4.78 is 5.04. The lowest BCUT2D eigenvalue weighted by Crippen LogP contribution is -2.40. The van der Waals surface area contributed by atoms with Crippen LogP contribution >= 0.6 is 0 Å². The number of ether oxygens (including phenoxy) is 1. The number of likely N-dealkylation sites (N-methyl/N-ethyl adjacent to an activating group) is 1. The largest absolute Gasteiger partial charge is 0.383 e. The van der Waals surface area contributed by atoms with Crippen LogP contribution in [0.2, 0.25) is 0 Å². The molecule has 0 aliphatic rings. The van der Waals surface area contributed by atoms with Gasteiger partial charge in [0.15, 0.2) is 0 Å². The molecule has 0 saturated carbocycles. The minimum atomic E-state index is 0.573. The zero-order valence-corrected chi connectivity index (χ0v) is 10.3. The minimum absolute atomic E-state index is 0.573. The number of rotatable bonds is 8. The van der Waals surface area contributed by atoms with Gasteiger partial charge >= 0.3 is 0 Å². The lowest BCUT2D eigenvalue weighted by Gasteiger charge is -2.24. The fourth-order valence-corrected chi connectivity index (χ4v) is 1.19. The molecule has 1 unspecified atom stereocenters. The lowest BCUT2D eigenvalue weighted by atomic mass is 10.2. The highest BCUT2D eigenvalue weighted by atomic mass is 16.5. The summed E-state index contributed by atoms with van der Waals surface area (Å²) >= 11 is 0. The van der Waals surface area contributed by atoms with Crippen LogP contribution in [0.4, 0.5) is 0 Å². The maximum atomic E-state index is 5.04. The van der Waals surface area contributed by atoms with E-state index in [-0.39, 0.29) is 0 Å². The summed E-state index contributed by atoms with van der Waals surface area (Å²) in [4.78, 5) is 2.32. The summed E-state index contributed by atoms with van der Waals surface area (Å²) in [7, 11) is 3.89. The molecule has 0 aliphatic carbocycles. The third-order valence-corrected chi connectivity index (χ3v) is 2.39. The molecule has 0 spiro atoms. The van der Waals surface area contributed by atoms with Crippen LogP contribution in [-0.2, 0) is 4.74 Å². The molecule has 0 aromatic rings. The van der Waals surface area contributed by atoms with Crippen molar-refractivity contribution in [2.75, 3.05) is 40.4 Å². The van der Waals surface area contributed by atoms with Crippen LogP contribution < -0.4 is 5.32 Å². The molecular formula is C11H26N2O. The molecule has 3 nitrogen and oxygen atoms in total. The Morgan fingerprint density at radius 2 is 1.86 bits per heavy atom. The molecule has 14 heavy (non-hydrogen) atoms. The van der Waals surface area contributed by atoms with Gasteiger partial charge in [0.25, 0.3) is 0 Å². The van der Waals surface area contributed by atoms with Crippen LogP contribution in [0.5, 0.6) is 0 Å². The fraction of sp³-hybridized carbons (Fsp3) is 1.00. The molecular weight excluding hydrogens is 176 g/mol. The van der Waals surface area contributed by atoms with Gasteiger partial charge in [-0.25, -0.2) is 0 Å². The minimum Gasteiger partial charge on any atom is -0.383 e. The van der Waals surface area contributed by atoms with E-state index in [0.717, 1.165) is 32.2 Å². The first-order valence-electron chi connectivity index (χ1n) is 5.47. The molecule has 0 amide bonds. The Balaban J connectivity index is 3.46. The summed E-state index contributed by atoms with van der Waals surface area (Å²) in [6.45, 7) is 10.7. The monoisotopic (exact) mass is 202 g/mol. The maximum absolute atomic E-state index is 5.04. The second-order valence-corrected chi connectivity index (χ2v) is 4.37. The van der Waals surface area contributed by atoms with E-state index < -0.39 is 0 Å². The second kappa shape index (κ2) is 8.21. The van der Waals surface area contributed by atoms with Crippen molar-refractivity contribution in [2.45, 2.75) is 26.8 Å². The molecule has 0 fully saturated rings. The van der Waals surface area contributed by atoms with Crippen molar-refractivity contribution in [3.05, 3.63) is 0 Å². The Hall–Kier alpha value is -0.120. The fourth-order valence-electron chi connectivity index (χ4n) is 1.19. The first-order valence-corrected chi connectivity index (χ1v) is 5.47. The molecule has 1 N–H and O–H groups in total. The first kappa shape index (κ1) is 13.9.